The van der Waals surface area contributed by atoms with Crippen LogP contribution in [0.4, 0.5) is 5.69 Å². The molecule has 149 valence electrons. The fourth-order valence-electron chi connectivity index (χ4n) is 2.57. The molecule has 0 amide bonds. The van der Waals surface area contributed by atoms with Crippen LogP contribution in [0, 0.1) is 10.1 Å². The molecule has 0 aromatic heterocycles. The van der Waals surface area contributed by atoms with E-state index in [0.29, 0.717) is 36.8 Å². The smallest absolute Gasteiger partial charge is 0.377 e. The van der Waals surface area contributed by atoms with Gasteiger partial charge in [-0.05, 0) is 0 Å². The van der Waals surface area contributed by atoms with Crippen molar-refractivity contribution in [2.75, 3.05) is 42.2 Å². The van der Waals surface area contributed by atoms with Gasteiger partial charge in [0.2, 0.25) is 0 Å². The molecule has 0 bridgehead atoms. The Morgan fingerprint density at radius 2 is 1.78 bits per heavy atom. The third-order valence-corrected chi connectivity index (χ3v) is 7.80. The minimum Gasteiger partial charge on any atom is -0.377 e. The predicted octanol–water partition coefficient (Wildman–Crippen LogP) is 2.66. The van der Waals surface area contributed by atoms with E-state index in [9.17, 15) is 10.1 Å². The maximum absolute atomic E-state index is 11.4. The Bertz CT molecular complexity index is 592. The molecule has 0 saturated heterocycles. The third-order valence-electron chi connectivity index (χ3n) is 4.05. The van der Waals surface area contributed by atoms with Crippen molar-refractivity contribution < 1.29 is 32.4 Å². The molecule has 27 heavy (non-hydrogen) atoms. The molecule has 11 heteroatoms. The Kier molecular flexibility index (Phi) is 9.17. The molecule has 0 atom stereocenters. The molecular formula is C16H26NO8RfSi. The number of methoxy groups -OCH3 is 1. The molecular weight excluding hydrogens is 629 g/mol. The molecule has 9 nitrogen and oxygen atoms in total. The van der Waals surface area contributed by atoms with Crippen molar-refractivity contribution in [3.63, 3.8) is 0 Å². The van der Waals surface area contributed by atoms with E-state index < -0.39 is 13.7 Å². The van der Waals surface area contributed by atoms with E-state index in [0.717, 1.165) is 12.8 Å². The molecule has 1 aromatic carbocycles. The normalized spacial score (nSPS) is 11.5. The molecule has 0 saturated carbocycles. The fourth-order valence-corrected chi connectivity index (χ4v) is 5.44. The van der Waals surface area contributed by atoms with E-state index in [1.165, 1.54) is 13.2 Å². The van der Waals surface area contributed by atoms with E-state index >= 15 is 0 Å². The van der Waals surface area contributed by atoms with Crippen LogP contribution in [0.1, 0.15) is 18.4 Å². The number of nitro groups is 1. The summed E-state index contributed by atoms with van der Waals surface area (Å²) in [6.45, 7) is 0.538. The Morgan fingerprint density at radius 1 is 1.11 bits per heavy atom. The quantitative estimate of drug-likeness (QED) is 0.131. The minimum atomic E-state index is -2.57. The van der Waals surface area contributed by atoms with Gasteiger partial charge in [-0.2, -0.15) is 0 Å². The Hall–Kier alpha value is -2.72. The molecule has 0 heterocycles. The molecule has 0 radical (unpaired) electrons. The first-order chi connectivity index (χ1) is 13.0. The van der Waals surface area contributed by atoms with E-state index in [2.05, 4.69) is 0 Å². The van der Waals surface area contributed by atoms with Crippen LogP contribution < -0.4 is 9.47 Å². The number of nitrogens with zero attached hydrogens (tertiary/aromatic N) is 1. The van der Waals surface area contributed by atoms with Gasteiger partial charge in [-0.3, -0.25) is 0 Å². The molecule has 1 rings (SSSR count). The molecule has 0 aliphatic heterocycles. The summed E-state index contributed by atoms with van der Waals surface area (Å²) in [6, 6.07) is 3.76. The zero-order valence-electron chi connectivity index (χ0n) is 16.3. The van der Waals surface area contributed by atoms with Gasteiger partial charge < -0.3 is 13.3 Å². The first-order valence-corrected chi connectivity index (χ1v) is 14.9. The van der Waals surface area contributed by atoms with Crippen molar-refractivity contribution in [3.05, 3.63) is 27.8 Å². The average Bonchev–Trinajstić information content (AvgIpc) is 2.68. The maximum atomic E-state index is 11.4. The van der Waals surface area contributed by atoms with Gasteiger partial charge in [-0.1, -0.05) is 0 Å². The second-order valence-corrected chi connectivity index (χ2v) is 10.5. The van der Waals surface area contributed by atoms with E-state index in [1.54, 1.807) is 27.4 Å². The van der Waals surface area contributed by atoms with Gasteiger partial charge in [0.1, 0.15) is 0 Å². The molecule has 0 unspecified atom stereocenters. The summed E-state index contributed by atoms with van der Waals surface area (Å²) in [5.41, 5.74) is 0.348. The first-order valence-electron chi connectivity index (χ1n) is 8.47. The number of rotatable bonds is 14. The second kappa shape index (κ2) is 11.1. The number of benzene rings is 1. The predicted molar refractivity (Wildman–Crippen MR) is 95.6 cm³/mol. The number of unbranched alkanes of at least 4 members (excludes halogenated alkanes) is 1. The van der Waals surface area contributed by atoms with Crippen LogP contribution in [0.15, 0.2) is 12.1 Å². The summed E-state index contributed by atoms with van der Waals surface area (Å²) in [6.07, 6.45) is 1.56. The van der Waals surface area contributed by atoms with Crippen LogP contribution in [0.5, 0.6) is 11.5 Å². The van der Waals surface area contributed by atoms with Crippen LogP contribution in [-0.2, 0) is 24.6 Å². The number of hydrogen-bond acceptors (Lipinski definition) is 8. The SMILES string of the molecule is COc1cc(O[CH2][Rf])cc([N+](=O)[O-])c1COCCCC[Si](OC)(OC)OC. The zero-order chi connectivity index (χ0) is 20.3. The van der Waals surface area contributed by atoms with Crippen LogP contribution in [0.3, 0.4) is 0 Å². The van der Waals surface area contributed by atoms with Crippen LogP contribution in [0.25, 0.3) is 0 Å². The standard InChI is InChI=1S/C16H26NO8Si.Rf/c1-20-13-10-15(17(18)19)14(16(11-13)21-2)12-25-8-6-7-9-26(22-3,23-4)24-5;/h10-11H,1,6-9,12H2,2-5H3;. The van der Waals surface area contributed by atoms with Gasteiger partial charge in [0.05, 0.1) is 0 Å². The summed E-state index contributed by atoms with van der Waals surface area (Å²) < 4.78 is 32.8. The molecule has 0 fully saturated rings. The summed E-state index contributed by atoms with van der Waals surface area (Å²) in [7, 11) is 4.26. The van der Waals surface area contributed by atoms with Crippen molar-refractivity contribution >= 4 is 14.5 Å². The minimum absolute atomic E-state index is 0.0579. The van der Waals surface area contributed by atoms with Gasteiger partial charge in [-0.25, -0.2) is 0 Å². The summed E-state index contributed by atoms with van der Waals surface area (Å²) >= 11 is 0. The second-order valence-electron chi connectivity index (χ2n) is 5.53. The first kappa shape index (κ1) is 22.3. The fraction of sp³-hybridized carbons (Fsp3) is 0.625. The van der Waals surface area contributed by atoms with E-state index in [1.807, 2.05) is 0 Å². The monoisotopic (exact) mass is 655 g/mol. The van der Waals surface area contributed by atoms with Crippen LogP contribution in [-0.4, -0.2) is 55.9 Å². The van der Waals surface area contributed by atoms with Gasteiger partial charge in [-0.15, -0.1) is 0 Å². The van der Waals surface area contributed by atoms with Gasteiger partial charge in [0.15, 0.2) is 0 Å². The van der Waals surface area contributed by atoms with Crippen molar-refractivity contribution in [1.82, 2.24) is 0 Å². The molecule has 0 N–H and O–H groups in total. The van der Waals surface area contributed by atoms with Crippen molar-refractivity contribution in [2.24, 2.45) is 0 Å². The third kappa shape index (κ3) is 6.18. The summed E-state index contributed by atoms with van der Waals surface area (Å²) in [4.78, 5) is 11.0. The van der Waals surface area contributed by atoms with Gasteiger partial charge >= 0.3 is 119 Å². The van der Waals surface area contributed by atoms with E-state index in [4.69, 9.17) is 27.5 Å². The number of ether oxygens (including phenoxy) is 3. The van der Waals surface area contributed by atoms with Gasteiger partial charge in [0, 0.05) is 21.3 Å². The zero-order valence-corrected chi connectivity index (χ0v) is 23.7. The van der Waals surface area contributed by atoms with Crippen molar-refractivity contribution in [1.29, 1.82) is 0 Å². The summed E-state index contributed by atoms with van der Waals surface area (Å²) in [5, 5.41) is 11.4. The van der Waals surface area contributed by atoms with Crippen molar-refractivity contribution in [3.8, 4) is 11.5 Å². The Labute approximate surface area is 154 Å². The topological polar surface area (TPSA) is 98.5 Å². The van der Waals surface area contributed by atoms with Crippen LogP contribution in [0.2, 0.25) is 6.04 Å². The van der Waals surface area contributed by atoms with Crippen LogP contribution >= 0.6 is 0 Å². The number of hydrogen-bond donors (Lipinski definition) is 0. The Balaban J connectivity index is 2.65. The van der Waals surface area contributed by atoms with E-state index in [-0.39, 0.29) is 12.3 Å². The molecule has 0 spiro atoms. The number of nitro benzene ring substituents is 1. The molecule has 0 aliphatic carbocycles. The average molecular weight is 655 g/mol. The van der Waals surface area contributed by atoms with Crippen molar-refractivity contribution in [2.45, 2.75) is 25.5 Å². The summed E-state index contributed by atoms with van der Waals surface area (Å²) in [5.74, 6) is 0.841. The van der Waals surface area contributed by atoms with Gasteiger partial charge in [0.25, 0.3) is 0 Å². The Morgan fingerprint density at radius 3 is 2.30 bits per heavy atom. The molecule has 1 aromatic rings. The molecule has 0 aliphatic rings.